The van der Waals surface area contributed by atoms with E-state index in [0.29, 0.717) is 6.61 Å². The number of aliphatic hydroxyl groups excluding tert-OH is 1. The molecule has 0 aromatic rings. The second kappa shape index (κ2) is 10.3. The van der Waals surface area contributed by atoms with Crippen molar-refractivity contribution in [3.05, 3.63) is 0 Å². The van der Waals surface area contributed by atoms with Crippen LogP contribution in [0.25, 0.3) is 0 Å². The van der Waals surface area contributed by atoms with Gasteiger partial charge in [0.2, 0.25) is 0 Å². The Morgan fingerprint density at radius 3 is 2.32 bits per heavy atom. The van der Waals surface area contributed by atoms with Crippen molar-refractivity contribution in [1.82, 2.24) is 4.90 Å². The van der Waals surface area contributed by atoms with Gasteiger partial charge in [-0.3, -0.25) is 4.90 Å². The Labute approximate surface area is 174 Å². The highest BCUT2D eigenvalue weighted by Crippen LogP contribution is 2.48. The first-order valence-electron chi connectivity index (χ1n) is 13.1. The average Bonchev–Trinajstić information content (AvgIpc) is 3.10. The summed E-state index contributed by atoms with van der Waals surface area (Å²) in [5, 5.41) is 9.29. The van der Waals surface area contributed by atoms with Crippen molar-refractivity contribution in [2.75, 3.05) is 13.2 Å². The molecule has 0 aromatic heterocycles. The normalized spacial score (nSPS) is 40.5. The Balaban J connectivity index is 1.38. The number of nitrogens with zero attached hydrogens (tertiary/aromatic N) is 1. The van der Waals surface area contributed by atoms with Crippen LogP contribution in [0.1, 0.15) is 110 Å². The number of hydrogen-bond acceptors (Lipinski definition) is 2. The van der Waals surface area contributed by atoms with Gasteiger partial charge in [-0.15, -0.1) is 0 Å². The van der Waals surface area contributed by atoms with Gasteiger partial charge in [-0.25, -0.2) is 0 Å². The predicted molar refractivity (Wildman–Crippen MR) is 118 cm³/mol. The van der Waals surface area contributed by atoms with Crippen LogP contribution in [0.15, 0.2) is 0 Å². The first kappa shape index (κ1) is 21.2. The zero-order valence-corrected chi connectivity index (χ0v) is 18.7. The number of hydrogen-bond donors (Lipinski definition) is 1. The largest absolute Gasteiger partial charge is 0.396 e. The maximum absolute atomic E-state index is 9.29. The van der Waals surface area contributed by atoms with E-state index in [0.717, 1.165) is 48.1 Å². The van der Waals surface area contributed by atoms with Gasteiger partial charge in [-0.2, -0.15) is 0 Å². The van der Waals surface area contributed by atoms with E-state index >= 15 is 0 Å². The lowest BCUT2D eigenvalue weighted by Gasteiger charge is -2.41. The third-order valence-electron chi connectivity index (χ3n) is 9.34. The summed E-state index contributed by atoms with van der Waals surface area (Å²) < 4.78 is 0. The molecule has 28 heavy (non-hydrogen) atoms. The maximum Gasteiger partial charge on any atom is 0.0431 e. The Morgan fingerprint density at radius 1 is 0.786 bits per heavy atom. The molecular formula is C26H47NO. The summed E-state index contributed by atoms with van der Waals surface area (Å²) in [6.07, 6.45) is 23.1. The molecule has 3 saturated carbocycles. The summed E-state index contributed by atoms with van der Waals surface area (Å²) in [4.78, 5) is 3.05. The van der Waals surface area contributed by atoms with Crippen molar-refractivity contribution < 1.29 is 5.11 Å². The van der Waals surface area contributed by atoms with Crippen LogP contribution in [0, 0.1) is 29.6 Å². The molecule has 3 aliphatic carbocycles. The third-order valence-corrected chi connectivity index (χ3v) is 9.34. The van der Waals surface area contributed by atoms with E-state index in [1.807, 2.05) is 0 Å². The van der Waals surface area contributed by atoms with Crippen LogP contribution in [-0.4, -0.2) is 35.2 Å². The van der Waals surface area contributed by atoms with Gasteiger partial charge >= 0.3 is 0 Å². The lowest BCUT2D eigenvalue weighted by atomic mass is 9.71. The SMILES string of the molecule is CC1CCC(N2CC(CCC3CCCCC3)C3CC(CCCO)CCC32)CC1. The quantitative estimate of drug-likeness (QED) is 0.543. The van der Waals surface area contributed by atoms with Crippen molar-refractivity contribution in [1.29, 1.82) is 0 Å². The van der Waals surface area contributed by atoms with Crippen molar-refractivity contribution in [3.63, 3.8) is 0 Å². The number of fused-ring (bicyclic) bond motifs is 1. The van der Waals surface area contributed by atoms with Crippen LogP contribution >= 0.6 is 0 Å². The van der Waals surface area contributed by atoms with Crippen LogP contribution in [0.5, 0.6) is 0 Å². The zero-order chi connectivity index (χ0) is 19.3. The molecule has 4 unspecified atom stereocenters. The fourth-order valence-corrected chi connectivity index (χ4v) is 7.61. The van der Waals surface area contributed by atoms with Gasteiger partial charge in [-0.1, -0.05) is 45.4 Å². The van der Waals surface area contributed by atoms with E-state index in [9.17, 15) is 5.11 Å². The highest BCUT2D eigenvalue weighted by atomic mass is 16.2. The summed E-state index contributed by atoms with van der Waals surface area (Å²) in [5.74, 6) is 4.86. The second-order valence-electron chi connectivity index (χ2n) is 11.2. The lowest BCUT2D eigenvalue weighted by molar-refractivity contribution is 0.0806. The molecule has 0 amide bonds. The molecule has 1 aliphatic heterocycles. The van der Waals surface area contributed by atoms with Crippen molar-refractivity contribution >= 4 is 0 Å². The molecule has 4 rings (SSSR count). The number of aliphatic hydroxyl groups is 1. The summed E-state index contributed by atoms with van der Waals surface area (Å²) >= 11 is 0. The minimum absolute atomic E-state index is 0.391. The van der Waals surface area contributed by atoms with E-state index in [4.69, 9.17) is 0 Å². The summed E-state index contributed by atoms with van der Waals surface area (Å²) in [6.45, 7) is 4.28. The van der Waals surface area contributed by atoms with Crippen LogP contribution in [0.2, 0.25) is 0 Å². The van der Waals surface area contributed by atoms with Crippen molar-refractivity contribution in [2.45, 2.75) is 122 Å². The number of likely N-dealkylation sites (tertiary alicyclic amines) is 1. The van der Waals surface area contributed by atoms with E-state index in [-0.39, 0.29) is 0 Å². The Hall–Kier alpha value is -0.0800. The Morgan fingerprint density at radius 2 is 1.57 bits per heavy atom. The Kier molecular flexibility index (Phi) is 7.78. The van der Waals surface area contributed by atoms with E-state index < -0.39 is 0 Å². The van der Waals surface area contributed by atoms with Crippen molar-refractivity contribution in [2.24, 2.45) is 29.6 Å². The third kappa shape index (κ3) is 5.15. The Bertz CT molecular complexity index is 451. The van der Waals surface area contributed by atoms with Gasteiger partial charge in [0.15, 0.2) is 0 Å². The fraction of sp³-hybridized carbons (Fsp3) is 1.00. The predicted octanol–water partition coefficient (Wildman–Crippen LogP) is 6.41. The van der Waals surface area contributed by atoms with Gasteiger partial charge in [-0.05, 0) is 93.8 Å². The molecule has 0 radical (unpaired) electrons. The van der Waals surface area contributed by atoms with Crippen LogP contribution in [0.4, 0.5) is 0 Å². The highest BCUT2D eigenvalue weighted by Gasteiger charge is 2.46. The molecule has 0 aromatic carbocycles. The molecule has 0 bridgehead atoms. The molecule has 162 valence electrons. The molecule has 1 heterocycles. The molecule has 1 saturated heterocycles. The van der Waals surface area contributed by atoms with Crippen molar-refractivity contribution in [3.8, 4) is 0 Å². The summed E-state index contributed by atoms with van der Waals surface area (Å²) in [5.41, 5.74) is 0. The molecule has 4 fully saturated rings. The smallest absolute Gasteiger partial charge is 0.0431 e. The highest BCUT2D eigenvalue weighted by molar-refractivity contribution is 5.00. The standard InChI is InChI=1S/C26H47NO/c1-20-9-14-24(15-10-20)27-19-23(13-11-21-6-3-2-4-7-21)25-18-22(8-5-17-28)12-16-26(25)27/h20-26,28H,2-19H2,1H3. The second-order valence-corrected chi connectivity index (χ2v) is 11.2. The van der Waals surface area contributed by atoms with Gasteiger partial charge in [0.25, 0.3) is 0 Å². The molecule has 4 aliphatic rings. The average molecular weight is 390 g/mol. The van der Waals surface area contributed by atoms with Crippen LogP contribution in [-0.2, 0) is 0 Å². The first-order chi connectivity index (χ1) is 13.7. The molecule has 0 spiro atoms. The van der Waals surface area contributed by atoms with Crippen LogP contribution in [0.3, 0.4) is 0 Å². The van der Waals surface area contributed by atoms with Gasteiger partial charge in [0, 0.05) is 25.2 Å². The summed E-state index contributed by atoms with van der Waals surface area (Å²) in [7, 11) is 0. The molecule has 2 heteroatoms. The monoisotopic (exact) mass is 389 g/mol. The minimum Gasteiger partial charge on any atom is -0.396 e. The fourth-order valence-electron chi connectivity index (χ4n) is 7.61. The van der Waals surface area contributed by atoms with Crippen LogP contribution < -0.4 is 0 Å². The first-order valence-corrected chi connectivity index (χ1v) is 13.1. The minimum atomic E-state index is 0.391. The maximum atomic E-state index is 9.29. The molecular weight excluding hydrogens is 342 g/mol. The van der Waals surface area contributed by atoms with Gasteiger partial charge in [0.05, 0.1) is 0 Å². The van der Waals surface area contributed by atoms with Gasteiger partial charge in [0.1, 0.15) is 0 Å². The zero-order valence-electron chi connectivity index (χ0n) is 18.7. The molecule has 4 atom stereocenters. The number of rotatable bonds is 7. The summed E-state index contributed by atoms with van der Waals surface area (Å²) in [6, 6.07) is 1.80. The van der Waals surface area contributed by atoms with E-state index in [2.05, 4.69) is 11.8 Å². The van der Waals surface area contributed by atoms with E-state index in [1.165, 1.54) is 103 Å². The van der Waals surface area contributed by atoms with E-state index in [1.54, 1.807) is 0 Å². The molecule has 2 nitrogen and oxygen atoms in total. The molecule has 1 N–H and O–H groups in total. The lowest BCUT2D eigenvalue weighted by Crippen LogP contribution is -2.44. The van der Waals surface area contributed by atoms with Gasteiger partial charge < -0.3 is 5.11 Å². The topological polar surface area (TPSA) is 23.5 Å².